The van der Waals surface area contributed by atoms with Gasteiger partial charge in [0.1, 0.15) is 11.2 Å². The zero-order valence-electron chi connectivity index (χ0n) is 12.9. The van der Waals surface area contributed by atoms with Gasteiger partial charge in [0.2, 0.25) is 0 Å². The van der Waals surface area contributed by atoms with Gasteiger partial charge in [-0.05, 0) is 39.2 Å². The summed E-state index contributed by atoms with van der Waals surface area (Å²) in [4.78, 5) is 4.79. The Bertz CT molecular complexity index is 640. The van der Waals surface area contributed by atoms with Crippen molar-refractivity contribution in [2.75, 3.05) is 6.61 Å². The maximum atomic E-state index is 9.07. The van der Waals surface area contributed by atoms with E-state index in [2.05, 4.69) is 20.1 Å². The van der Waals surface area contributed by atoms with Crippen molar-refractivity contribution in [1.82, 2.24) is 0 Å². The molecule has 0 amide bonds. The van der Waals surface area contributed by atoms with E-state index in [0.717, 1.165) is 27.3 Å². The number of hydrogen-bond acceptors (Lipinski definition) is 3. The average molecular weight is 275 g/mol. The van der Waals surface area contributed by atoms with Crippen molar-refractivity contribution >= 4 is 12.7 Å². The molecule has 2 unspecified atom stereocenters. The van der Waals surface area contributed by atoms with Gasteiger partial charge in [0.25, 0.3) is 0 Å². The summed E-state index contributed by atoms with van der Waals surface area (Å²) in [6.07, 6.45) is 4.43. The monoisotopic (exact) mass is 275 g/mol. The van der Waals surface area contributed by atoms with Crippen LogP contribution in [0.3, 0.4) is 0 Å². The first-order valence-corrected chi connectivity index (χ1v) is 6.99. The molecular formula is C17H25NO2. The van der Waals surface area contributed by atoms with Crippen LogP contribution in [-0.4, -0.2) is 17.8 Å². The first-order chi connectivity index (χ1) is 9.46. The molecule has 0 saturated carbocycles. The van der Waals surface area contributed by atoms with Crippen molar-refractivity contribution in [1.29, 1.82) is 0 Å². The highest BCUT2D eigenvalue weighted by atomic mass is 16.3. The smallest absolute Gasteiger partial charge is 0.131 e. The molecule has 1 aromatic heterocycles. The van der Waals surface area contributed by atoms with Gasteiger partial charge in [0, 0.05) is 17.4 Å². The average Bonchev–Trinajstić information content (AvgIpc) is 2.43. The quantitative estimate of drug-likeness (QED) is 0.829. The number of aryl methyl sites for hydroxylation is 1. The van der Waals surface area contributed by atoms with Gasteiger partial charge in [0.15, 0.2) is 0 Å². The summed E-state index contributed by atoms with van der Waals surface area (Å²) >= 11 is 0. The van der Waals surface area contributed by atoms with Gasteiger partial charge >= 0.3 is 0 Å². The Hall–Kier alpha value is -1.61. The molecule has 1 aromatic rings. The third-order valence-electron chi connectivity index (χ3n) is 3.68. The maximum Gasteiger partial charge on any atom is 0.131 e. The molecule has 0 aliphatic carbocycles. The molecule has 0 bridgehead atoms. The summed E-state index contributed by atoms with van der Waals surface area (Å²) in [6.45, 7) is 16.0. The fourth-order valence-corrected chi connectivity index (χ4v) is 2.16. The molecule has 0 aliphatic rings. The van der Waals surface area contributed by atoms with E-state index in [0.29, 0.717) is 6.42 Å². The van der Waals surface area contributed by atoms with Crippen LogP contribution in [0.2, 0.25) is 0 Å². The Morgan fingerprint density at radius 3 is 2.55 bits per heavy atom. The van der Waals surface area contributed by atoms with Crippen molar-refractivity contribution in [2.24, 2.45) is 10.9 Å². The van der Waals surface area contributed by atoms with E-state index < -0.39 is 0 Å². The van der Waals surface area contributed by atoms with E-state index >= 15 is 0 Å². The second-order valence-corrected chi connectivity index (χ2v) is 5.11. The van der Waals surface area contributed by atoms with E-state index in [1.165, 1.54) is 0 Å². The van der Waals surface area contributed by atoms with Crippen molar-refractivity contribution in [2.45, 2.75) is 40.2 Å². The summed E-state index contributed by atoms with van der Waals surface area (Å²) in [7, 11) is 0. The summed E-state index contributed by atoms with van der Waals surface area (Å²) in [6, 6.07) is -0.0344. The molecule has 0 fully saturated rings. The first-order valence-electron chi connectivity index (χ1n) is 6.99. The molecule has 0 aliphatic heterocycles. The number of aliphatic hydroxyl groups is 1. The van der Waals surface area contributed by atoms with Crippen LogP contribution in [-0.2, 0) is 0 Å². The van der Waals surface area contributed by atoms with Crippen LogP contribution in [0.4, 0.5) is 0 Å². The van der Waals surface area contributed by atoms with Gasteiger partial charge in [-0.15, -0.1) is 6.58 Å². The zero-order valence-corrected chi connectivity index (χ0v) is 12.9. The molecule has 1 rings (SSSR count). The Labute approximate surface area is 120 Å². The van der Waals surface area contributed by atoms with Crippen LogP contribution in [0.15, 0.2) is 22.1 Å². The molecule has 1 heterocycles. The number of rotatable bonds is 5. The minimum absolute atomic E-state index is 0.0344. The van der Waals surface area contributed by atoms with Gasteiger partial charge in [-0.3, -0.25) is 4.99 Å². The lowest BCUT2D eigenvalue weighted by molar-refractivity contribution is 0.256. The van der Waals surface area contributed by atoms with Crippen molar-refractivity contribution in [3.63, 3.8) is 0 Å². The molecule has 0 aromatic carbocycles. The molecule has 2 atom stereocenters. The lowest BCUT2D eigenvalue weighted by Gasteiger charge is -2.16. The zero-order chi connectivity index (χ0) is 15.3. The number of nitrogens with zero attached hydrogens (tertiary/aromatic N) is 1. The maximum absolute atomic E-state index is 9.07. The van der Waals surface area contributed by atoms with Gasteiger partial charge in [-0.25, -0.2) is 0 Å². The van der Waals surface area contributed by atoms with Crippen LogP contribution >= 0.6 is 0 Å². The molecule has 110 valence electrons. The SMILES string of the molecule is C=CC(N=c1c(C)c(C)o/c(=C/C)c1=C)C(C)CCO. The third-order valence-corrected chi connectivity index (χ3v) is 3.68. The van der Waals surface area contributed by atoms with E-state index in [1.54, 1.807) is 0 Å². The largest absolute Gasteiger partial charge is 0.461 e. The van der Waals surface area contributed by atoms with Crippen molar-refractivity contribution in [3.05, 3.63) is 40.0 Å². The molecule has 0 saturated heterocycles. The molecule has 0 spiro atoms. The minimum Gasteiger partial charge on any atom is -0.461 e. The molecule has 0 radical (unpaired) electrons. The molecule has 20 heavy (non-hydrogen) atoms. The van der Waals surface area contributed by atoms with Crippen LogP contribution < -0.4 is 16.0 Å². The predicted molar refractivity (Wildman–Crippen MR) is 83.5 cm³/mol. The van der Waals surface area contributed by atoms with Crippen molar-refractivity contribution in [3.8, 4) is 0 Å². The normalized spacial score (nSPS) is 16.2. The van der Waals surface area contributed by atoms with Crippen LogP contribution in [0, 0.1) is 19.8 Å². The Morgan fingerprint density at radius 2 is 2.05 bits per heavy atom. The van der Waals surface area contributed by atoms with Gasteiger partial charge < -0.3 is 9.52 Å². The van der Waals surface area contributed by atoms with Gasteiger partial charge in [-0.2, -0.15) is 0 Å². The number of aliphatic hydroxyl groups excluding tert-OH is 1. The highest BCUT2D eigenvalue weighted by Crippen LogP contribution is 2.11. The van der Waals surface area contributed by atoms with Crippen LogP contribution in [0.5, 0.6) is 0 Å². The van der Waals surface area contributed by atoms with Crippen LogP contribution in [0.1, 0.15) is 31.6 Å². The van der Waals surface area contributed by atoms with E-state index in [1.807, 2.05) is 32.9 Å². The third kappa shape index (κ3) is 3.48. The second kappa shape index (κ2) is 7.25. The summed E-state index contributed by atoms with van der Waals surface area (Å²) in [5.41, 5.74) is 1.76. The standard InChI is InChI=1S/C17H25NO2/c1-7-15(11(3)9-10-19)18-17-12(4)14(6)20-16(8-2)13(17)5/h7-8,11,15,19H,1,5,9-10H2,2-4,6H3/b16-8+,18-17?. The Balaban J connectivity index is 3.52. The Kier molecular flexibility index (Phi) is 5.96. The molecule has 3 heteroatoms. The summed E-state index contributed by atoms with van der Waals surface area (Å²) in [5, 5.41) is 10.8. The fraction of sp³-hybridized carbons (Fsp3) is 0.471. The fourth-order valence-electron chi connectivity index (χ4n) is 2.16. The molecule has 1 N–H and O–H groups in total. The summed E-state index contributed by atoms with van der Waals surface area (Å²) in [5.74, 6) is 1.09. The van der Waals surface area contributed by atoms with Crippen molar-refractivity contribution < 1.29 is 9.52 Å². The van der Waals surface area contributed by atoms with E-state index in [9.17, 15) is 0 Å². The lowest BCUT2D eigenvalue weighted by atomic mass is 9.99. The molecular weight excluding hydrogens is 250 g/mol. The van der Waals surface area contributed by atoms with Gasteiger partial charge in [-0.1, -0.05) is 19.6 Å². The molecule has 3 nitrogen and oxygen atoms in total. The predicted octanol–water partition coefficient (Wildman–Crippen LogP) is 1.58. The highest BCUT2D eigenvalue weighted by molar-refractivity contribution is 5.23. The topological polar surface area (TPSA) is 45.7 Å². The second-order valence-electron chi connectivity index (χ2n) is 5.11. The summed E-state index contributed by atoms with van der Waals surface area (Å²) < 4.78 is 5.71. The van der Waals surface area contributed by atoms with Crippen LogP contribution in [0.25, 0.3) is 12.7 Å². The number of hydrogen-bond donors (Lipinski definition) is 1. The van der Waals surface area contributed by atoms with Gasteiger partial charge in [0.05, 0.1) is 11.4 Å². The Morgan fingerprint density at radius 1 is 1.40 bits per heavy atom. The minimum atomic E-state index is -0.0344. The van der Waals surface area contributed by atoms with E-state index in [4.69, 9.17) is 14.5 Å². The lowest BCUT2D eigenvalue weighted by Crippen LogP contribution is -2.41. The highest BCUT2D eigenvalue weighted by Gasteiger charge is 2.12. The first kappa shape index (κ1) is 16.4. The van der Waals surface area contributed by atoms with E-state index in [-0.39, 0.29) is 18.6 Å².